The highest BCUT2D eigenvalue weighted by Crippen LogP contribution is 2.54. The summed E-state index contributed by atoms with van der Waals surface area (Å²) in [5.41, 5.74) is 2.22. The van der Waals surface area contributed by atoms with E-state index >= 15 is 0 Å². The number of rotatable bonds is 4. The number of benzene rings is 2. The van der Waals surface area contributed by atoms with E-state index in [9.17, 15) is 9.90 Å². The van der Waals surface area contributed by atoms with Crippen LogP contribution in [0, 0.1) is 5.92 Å². The molecule has 3 atom stereocenters. The lowest BCUT2D eigenvalue weighted by Gasteiger charge is -2.10. The van der Waals surface area contributed by atoms with Crippen LogP contribution in [0.15, 0.2) is 54.6 Å². The van der Waals surface area contributed by atoms with Crippen LogP contribution >= 0.6 is 0 Å². The summed E-state index contributed by atoms with van der Waals surface area (Å²) >= 11 is 0. The highest BCUT2D eigenvalue weighted by atomic mass is 16.3. The number of aldehydes is 1. The van der Waals surface area contributed by atoms with Gasteiger partial charge in [-0.05, 0) is 41.5 Å². The lowest BCUT2D eigenvalue weighted by molar-refractivity contribution is -0.109. The topological polar surface area (TPSA) is 37.3 Å². The summed E-state index contributed by atoms with van der Waals surface area (Å²) in [6.45, 7) is 0. The molecule has 1 fully saturated rings. The van der Waals surface area contributed by atoms with Crippen LogP contribution in [0.25, 0.3) is 0 Å². The maximum Gasteiger partial charge on any atom is 0.127 e. The third-order valence-electron chi connectivity index (χ3n) is 3.93. The number of phenolic OH excluding ortho intramolecular Hbond substituents is 1. The average molecular weight is 252 g/mol. The first-order chi connectivity index (χ1) is 9.29. The van der Waals surface area contributed by atoms with Crippen LogP contribution in [0.3, 0.4) is 0 Å². The molecule has 0 spiro atoms. The number of carbonyl (C=O) groups is 1. The van der Waals surface area contributed by atoms with Gasteiger partial charge in [0.1, 0.15) is 12.0 Å². The van der Waals surface area contributed by atoms with Crippen molar-refractivity contribution in [2.24, 2.45) is 5.92 Å². The quantitative estimate of drug-likeness (QED) is 0.846. The number of aromatic hydroxyl groups is 1. The van der Waals surface area contributed by atoms with Crippen LogP contribution in [0.2, 0.25) is 0 Å². The zero-order valence-corrected chi connectivity index (χ0v) is 10.6. The standard InChI is InChI=1S/C17H16O2/c18-11-17(12-5-2-1-3-6-12)16-10-15(16)13-7-4-8-14(19)9-13/h1-9,11,15-17,19H,10H2. The second-order valence-electron chi connectivity index (χ2n) is 5.17. The van der Waals surface area contributed by atoms with Crippen LogP contribution in [0.4, 0.5) is 0 Å². The maximum atomic E-state index is 11.4. The smallest absolute Gasteiger partial charge is 0.127 e. The maximum absolute atomic E-state index is 11.4. The van der Waals surface area contributed by atoms with Gasteiger partial charge in [0.05, 0.1) is 0 Å². The summed E-state index contributed by atoms with van der Waals surface area (Å²) in [6.07, 6.45) is 2.07. The van der Waals surface area contributed by atoms with Crippen molar-refractivity contribution in [2.45, 2.75) is 18.3 Å². The van der Waals surface area contributed by atoms with Gasteiger partial charge in [0.2, 0.25) is 0 Å². The first kappa shape index (κ1) is 12.0. The second-order valence-corrected chi connectivity index (χ2v) is 5.17. The van der Waals surface area contributed by atoms with E-state index in [1.807, 2.05) is 42.5 Å². The molecular formula is C17H16O2. The van der Waals surface area contributed by atoms with Gasteiger partial charge in [-0.1, -0.05) is 42.5 Å². The first-order valence-corrected chi connectivity index (χ1v) is 6.59. The molecule has 2 heteroatoms. The molecule has 3 rings (SSSR count). The second kappa shape index (κ2) is 4.88. The van der Waals surface area contributed by atoms with E-state index in [4.69, 9.17) is 0 Å². The van der Waals surface area contributed by atoms with Crippen molar-refractivity contribution in [3.05, 3.63) is 65.7 Å². The zero-order valence-electron chi connectivity index (χ0n) is 10.6. The van der Waals surface area contributed by atoms with E-state index in [1.165, 1.54) is 0 Å². The Balaban J connectivity index is 1.80. The molecule has 3 unspecified atom stereocenters. The molecule has 0 aliphatic heterocycles. The SMILES string of the molecule is O=CC(c1ccccc1)C1CC1c1cccc(O)c1. The third kappa shape index (κ3) is 2.39. The Hall–Kier alpha value is -2.09. The Morgan fingerprint density at radius 2 is 1.89 bits per heavy atom. The van der Waals surface area contributed by atoms with Crippen molar-refractivity contribution >= 4 is 6.29 Å². The van der Waals surface area contributed by atoms with Gasteiger partial charge in [0, 0.05) is 5.92 Å². The minimum atomic E-state index is -0.0338. The Bertz CT molecular complexity index is 577. The van der Waals surface area contributed by atoms with Crippen molar-refractivity contribution < 1.29 is 9.90 Å². The molecule has 0 heterocycles. The normalized spacial score (nSPS) is 22.7. The molecule has 0 bridgehead atoms. The summed E-state index contributed by atoms with van der Waals surface area (Å²) in [5.74, 6) is 1.02. The Labute approximate surface area is 112 Å². The highest BCUT2D eigenvalue weighted by Gasteiger charge is 2.44. The fourth-order valence-electron chi connectivity index (χ4n) is 2.85. The first-order valence-electron chi connectivity index (χ1n) is 6.59. The summed E-state index contributed by atoms with van der Waals surface area (Å²) in [4.78, 5) is 11.4. The van der Waals surface area contributed by atoms with E-state index in [-0.39, 0.29) is 5.92 Å². The van der Waals surface area contributed by atoms with Gasteiger partial charge in [-0.15, -0.1) is 0 Å². The van der Waals surface area contributed by atoms with E-state index in [0.29, 0.717) is 17.6 Å². The summed E-state index contributed by atoms with van der Waals surface area (Å²) in [6, 6.07) is 17.3. The van der Waals surface area contributed by atoms with Gasteiger partial charge < -0.3 is 9.90 Å². The van der Waals surface area contributed by atoms with Crippen LogP contribution in [0.1, 0.15) is 29.4 Å². The fraction of sp³-hybridized carbons (Fsp3) is 0.235. The van der Waals surface area contributed by atoms with Crippen molar-refractivity contribution in [3.8, 4) is 5.75 Å². The number of carbonyl (C=O) groups excluding carboxylic acids is 1. The molecule has 0 radical (unpaired) electrons. The van der Waals surface area contributed by atoms with Gasteiger partial charge in [-0.3, -0.25) is 0 Å². The minimum Gasteiger partial charge on any atom is -0.508 e. The van der Waals surface area contributed by atoms with Gasteiger partial charge in [-0.25, -0.2) is 0 Å². The molecule has 0 aromatic heterocycles. The molecule has 2 aromatic rings. The molecule has 2 nitrogen and oxygen atoms in total. The summed E-state index contributed by atoms with van der Waals surface area (Å²) in [7, 11) is 0. The Morgan fingerprint density at radius 1 is 1.11 bits per heavy atom. The van der Waals surface area contributed by atoms with Gasteiger partial charge in [0.15, 0.2) is 0 Å². The van der Waals surface area contributed by atoms with Crippen molar-refractivity contribution in [1.82, 2.24) is 0 Å². The van der Waals surface area contributed by atoms with Crippen molar-refractivity contribution in [2.75, 3.05) is 0 Å². The molecule has 0 saturated heterocycles. The van der Waals surface area contributed by atoms with Crippen molar-refractivity contribution in [3.63, 3.8) is 0 Å². The number of hydrogen-bond acceptors (Lipinski definition) is 2. The predicted octanol–water partition coefficient (Wildman–Crippen LogP) is 3.48. The Kier molecular flexibility index (Phi) is 3.08. The molecule has 1 saturated carbocycles. The highest BCUT2D eigenvalue weighted by molar-refractivity contribution is 5.64. The minimum absolute atomic E-state index is 0.0338. The number of phenols is 1. The Morgan fingerprint density at radius 3 is 2.58 bits per heavy atom. The van der Waals surface area contributed by atoms with Crippen LogP contribution in [-0.4, -0.2) is 11.4 Å². The predicted molar refractivity (Wildman–Crippen MR) is 74.2 cm³/mol. The van der Waals surface area contributed by atoms with Gasteiger partial charge >= 0.3 is 0 Å². The lowest BCUT2D eigenvalue weighted by Crippen LogP contribution is -2.03. The van der Waals surface area contributed by atoms with Crippen molar-refractivity contribution in [1.29, 1.82) is 0 Å². The molecule has 2 aromatic carbocycles. The number of hydrogen-bond donors (Lipinski definition) is 1. The molecule has 1 N–H and O–H groups in total. The summed E-state index contributed by atoms with van der Waals surface area (Å²) in [5, 5.41) is 9.52. The van der Waals surface area contributed by atoms with Crippen LogP contribution in [0.5, 0.6) is 5.75 Å². The largest absolute Gasteiger partial charge is 0.508 e. The van der Waals surface area contributed by atoms with E-state index in [0.717, 1.165) is 23.8 Å². The van der Waals surface area contributed by atoms with Gasteiger partial charge in [0.25, 0.3) is 0 Å². The monoisotopic (exact) mass is 252 g/mol. The third-order valence-corrected chi connectivity index (χ3v) is 3.93. The lowest BCUT2D eigenvalue weighted by atomic mass is 9.93. The molecule has 1 aliphatic carbocycles. The fourth-order valence-corrected chi connectivity index (χ4v) is 2.85. The van der Waals surface area contributed by atoms with E-state index in [2.05, 4.69) is 0 Å². The average Bonchev–Trinajstić information content (AvgIpc) is 3.21. The van der Waals surface area contributed by atoms with Gasteiger partial charge in [-0.2, -0.15) is 0 Å². The van der Waals surface area contributed by atoms with E-state index in [1.54, 1.807) is 12.1 Å². The van der Waals surface area contributed by atoms with Crippen LogP contribution in [-0.2, 0) is 4.79 Å². The molecule has 0 amide bonds. The molecule has 1 aliphatic rings. The zero-order chi connectivity index (χ0) is 13.2. The molecule has 96 valence electrons. The summed E-state index contributed by atoms with van der Waals surface area (Å²) < 4.78 is 0. The molecule has 19 heavy (non-hydrogen) atoms. The van der Waals surface area contributed by atoms with E-state index < -0.39 is 0 Å². The molecular weight excluding hydrogens is 236 g/mol. The van der Waals surface area contributed by atoms with Crippen LogP contribution < -0.4 is 0 Å².